The van der Waals surface area contributed by atoms with E-state index >= 15 is 0 Å². The highest BCUT2D eigenvalue weighted by molar-refractivity contribution is 9.09. The molecular formula is C9H8BrNO3. The average Bonchev–Trinajstić information content (AvgIpc) is 2.16. The van der Waals surface area contributed by atoms with Gasteiger partial charge >= 0.3 is 0 Å². The van der Waals surface area contributed by atoms with Crippen LogP contribution in [0.25, 0.3) is 0 Å². The van der Waals surface area contributed by atoms with Crippen LogP contribution >= 0.6 is 15.9 Å². The molecule has 0 aliphatic carbocycles. The lowest BCUT2D eigenvalue weighted by molar-refractivity contribution is -0.385. The molecule has 0 N–H and O–H groups in total. The van der Waals surface area contributed by atoms with Crippen molar-refractivity contribution < 1.29 is 9.72 Å². The molecule has 1 aromatic rings. The standard InChI is InChI=1S/C9H8BrNO3/c1-6-2-3-8(11(13)14)7(4-6)9(12)5-10/h2-4H,5H2,1H3. The first-order chi connectivity index (χ1) is 6.56. The van der Waals surface area contributed by atoms with Gasteiger partial charge in [-0.1, -0.05) is 22.0 Å². The Kier molecular flexibility index (Phi) is 3.35. The first-order valence-corrected chi connectivity index (χ1v) is 5.02. The second kappa shape index (κ2) is 4.32. The van der Waals surface area contributed by atoms with Gasteiger partial charge in [-0.05, 0) is 18.6 Å². The van der Waals surface area contributed by atoms with Crippen molar-refractivity contribution in [1.82, 2.24) is 0 Å². The summed E-state index contributed by atoms with van der Waals surface area (Å²) in [7, 11) is 0. The minimum atomic E-state index is -0.546. The van der Waals surface area contributed by atoms with Gasteiger partial charge in [0.15, 0.2) is 5.78 Å². The second-order valence-corrected chi connectivity index (χ2v) is 3.40. The van der Waals surface area contributed by atoms with E-state index in [1.807, 2.05) is 0 Å². The molecule has 0 amide bonds. The van der Waals surface area contributed by atoms with E-state index in [0.29, 0.717) is 0 Å². The second-order valence-electron chi connectivity index (χ2n) is 2.83. The van der Waals surface area contributed by atoms with Crippen molar-refractivity contribution in [3.8, 4) is 0 Å². The lowest BCUT2D eigenvalue weighted by atomic mass is 10.1. The molecule has 0 fully saturated rings. The van der Waals surface area contributed by atoms with Crippen molar-refractivity contribution in [3.63, 3.8) is 0 Å². The molecule has 0 unspecified atom stereocenters. The topological polar surface area (TPSA) is 60.2 Å². The summed E-state index contributed by atoms with van der Waals surface area (Å²) in [6.07, 6.45) is 0. The predicted octanol–water partition coefficient (Wildman–Crippen LogP) is 2.48. The Balaban J connectivity index is 3.29. The summed E-state index contributed by atoms with van der Waals surface area (Å²) in [5.74, 6) is -0.277. The molecule has 14 heavy (non-hydrogen) atoms. The highest BCUT2D eigenvalue weighted by Crippen LogP contribution is 2.20. The monoisotopic (exact) mass is 257 g/mol. The van der Waals surface area contributed by atoms with E-state index in [4.69, 9.17) is 0 Å². The quantitative estimate of drug-likeness (QED) is 0.362. The molecular weight excluding hydrogens is 250 g/mol. The fourth-order valence-corrected chi connectivity index (χ4v) is 1.41. The molecule has 1 rings (SSSR count). The van der Waals surface area contributed by atoms with Crippen LogP contribution in [0.2, 0.25) is 0 Å². The predicted molar refractivity (Wildman–Crippen MR) is 56.0 cm³/mol. The van der Waals surface area contributed by atoms with Crippen LogP contribution in [0.15, 0.2) is 18.2 Å². The fourth-order valence-electron chi connectivity index (χ4n) is 1.10. The zero-order chi connectivity index (χ0) is 10.7. The number of alkyl halides is 1. The van der Waals surface area contributed by atoms with E-state index < -0.39 is 4.92 Å². The number of carbonyl (C=O) groups excluding carboxylic acids is 1. The average molecular weight is 258 g/mol. The maximum atomic E-state index is 11.3. The van der Waals surface area contributed by atoms with Crippen molar-refractivity contribution >= 4 is 27.4 Å². The number of ketones is 1. The number of hydrogen-bond donors (Lipinski definition) is 0. The van der Waals surface area contributed by atoms with Gasteiger partial charge in [0.1, 0.15) is 0 Å². The summed E-state index contributed by atoms with van der Waals surface area (Å²) in [6, 6.07) is 4.50. The number of Topliss-reactive ketones (excluding diaryl/α,β-unsaturated/α-hetero) is 1. The van der Waals surface area contributed by atoms with Crippen LogP contribution in [-0.4, -0.2) is 16.0 Å². The van der Waals surface area contributed by atoms with Gasteiger partial charge in [0.2, 0.25) is 0 Å². The Morgan fingerprint density at radius 2 is 2.21 bits per heavy atom. The van der Waals surface area contributed by atoms with Crippen molar-refractivity contribution in [2.45, 2.75) is 6.92 Å². The third kappa shape index (κ3) is 2.17. The van der Waals surface area contributed by atoms with Gasteiger partial charge in [-0.15, -0.1) is 0 Å². The Bertz CT molecular complexity index is 390. The van der Waals surface area contributed by atoms with Crippen molar-refractivity contribution in [1.29, 1.82) is 0 Å². The lowest BCUT2D eigenvalue weighted by Gasteiger charge is -2.00. The minimum absolute atomic E-state index is 0.0945. The first-order valence-electron chi connectivity index (χ1n) is 3.90. The number of nitrogens with zero attached hydrogens (tertiary/aromatic N) is 1. The zero-order valence-electron chi connectivity index (χ0n) is 7.49. The fraction of sp³-hybridized carbons (Fsp3) is 0.222. The van der Waals surface area contributed by atoms with Gasteiger partial charge < -0.3 is 0 Å². The van der Waals surface area contributed by atoms with Gasteiger partial charge in [-0.25, -0.2) is 0 Å². The smallest absolute Gasteiger partial charge is 0.280 e. The molecule has 4 nitrogen and oxygen atoms in total. The normalized spacial score (nSPS) is 9.86. The van der Waals surface area contributed by atoms with E-state index in [2.05, 4.69) is 15.9 Å². The van der Waals surface area contributed by atoms with Gasteiger partial charge in [0.25, 0.3) is 5.69 Å². The minimum Gasteiger partial charge on any atom is -0.293 e. The lowest BCUT2D eigenvalue weighted by Crippen LogP contribution is -2.05. The van der Waals surface area contributed by atoms with Crippen LogP contribution in [0.5, 0.6) is 0 Å². The molecule has 0 spiro atoms. The van der Waals surface area contributed by atoms with E-state index in [0.717, 1.165) is 5.56 Å². The van der Waals surface area contributed by atoms with Crippen LogP contribution in [0, 0.1) is 17.0 Å². The van der Waals surface area contributed by atoms with Gasteiger partial charge in [0.05, 0.1) is 15.8 Å². The molecule has 0 heterocycles. The Morgan fingerprint density at radius 1 is 1.57 bits per heavy atom. The van der Waals surface area contributed by atoms with Crippen LogP contribution in [0.4, 0.5) is 5.69 Å². The molecule has 0 aliphatic heterocycles. The number of benzene rings is 1. The summed E-state index contributed by atoms with van der Waals surface area (Å²) in [4.78, 5) is 21.4. The van der Waals surface area contributed by atoms with Crippen LogP contribution in [0.1, 0.15) is 15.9 Å². The number of aryl methyl sites for hydroxylation is 1. The molecule has 0 radical (unpaired) electrons. The summed E-state index contributed by atoms with van der Waals surface area (Å²) < 4.78 is 0. The molecule has 0 bridgehead atoms. The molecule has 0 atom stereocenters. The maximum Gasteiger partial charge on any atom is 0.280 e. The number of nitro benzene ring substituents is 1. The molecule has 0 aliphatic rings. The number of halogens is 1. The van der Waals surface area contributed by atoms with Gasteiger partial charge in [-0.3, -0.25) is 14.9 Å². The highest BCUT2D eigenvalue weighted by Gasteiger charge is 2.18. The van der Waals surface area contributed by atoms with Crippen LogP contribution < -0.4 is 0 Å². The SMILES string of the molecule is Cc1ccc([N+](=O)[O-])c(C(=O)CBr)c1. The Morgan fingerprint density at radius 3 is 2.71 bits per heavy atom. The Hall–Kier alpha value is -1.23. The van der Waals surface area contributed by atoms with Crippen molar-refractivity contribution in [2.24, 2.45) is 0 Å². The highest BCUT2D eigenvalue weighted by atomic mass is 79.9. The molecule has 74 valence electrons. The number of rotatable bonds is 3. The third-order valence-corrected chi connectivity index (χ3v) is 2.28. The van der Waals surface area contributed by atoms with Gasteiger partial charge in [-0.2, -0.15) is 0 Å². The summed E-state index contributed by atoms with van der Waals surface area (Å²) >= 11 is 2.99. The first kappa shape index (κ1) is 10.8. The molecule has 0 saturated carbocycles. The van der Waals surface area contributed by atoms with E-state index in [1.54, 1.807) is 13.0 Å². The molecule has 1 aromatic carbocycles. The van der Waals surface area contributed by atoms with Crippen LogP contribution in [0.3, 0.4) is 0 Å². The maximum absolute atomic E-state index is 11.3. The molecule has 0 aromatic heterocycles. The van der Waals surface area contributed by atoms with E-state index in [9.17, 15) is 14.9 Å². The van der Waals surface area contributed by atoms with Crippen LogP contribution in [-0.2, 0) is 0 Å². The van der Waals surface area contributed by atoms with E-state index in [-0.39, 0.29) is 22.4 Å². The van der Waals surface area contributed by atoms with Crippen molar-refractivity contribution in [2.75, 3.05) is 5.33 Å². The summed E-state index contributed by atoms with van der Waals surface area (Å²) in [5, 5.41) is 10.7. The largest absolute Gasteiger partial charge is 0.293 e. The number of nitro groups is 1. The van der Waals surface area contributed by atoms with Gasteiger partial charge in [0, 0.05) is 6.07 Å². The van der Waals surface area contributed by atoms with Crippen molar-refractivity contribution in [3.05, 3.63) is 39.4 Å². The number of carbonyl (C=O) groups is 1. The summed E-state index contributed by atoms with van der Waals surface area (Å²) in [6.45, 7) is 1.79. The molecule has 0 saturated heterocycles. The Labute approximate surface area is 89.2 Å². The summed E-state index contributed by atoms with van der Waals surface area (Å²) in [5.41, 5.74) is 0.854. The third-order valence-electron chi connectivity index (χ3n) is 1.77. The number of hydrogen-bond acceptors (Lipinski definition) is 3. The molecule has 5 heteroatoms. The zero-order valence-corrected chi connectivity index (χ0v) is 9.08. The van der Waals surface area contributed by atoms with E-state index in [1.165, 1.54) is 12.1 Å².